The van der Waals surface area contributed by atoms with Crippen LogP contribution in [0.4, 0.5) is 0 Å². The third-order valence-corrected chi connectivity index (χ3v) is 3.76. The number of nitrogens with one attached hydrogen (secondary N) is 1. The molecule has 1 aromatic carbocycles. The normalized spacial score (nSPS) is 21.3. The van der Waals surface area contributed by atoms with Gasteiger partial charge in [0.15, 0.2) is 0 Å². The van der Waals surface area contributed by atoms with E-state index in [-0.39, 0.29) is 6.10 Å². The van der Waals surface area contributed by atoms with Crippen molar-refractivity contribution in [3.63, 3.8) is 0 Å². The summed E-state index contributed by atoms with van der Waals surface area (Å²) in [5.41, 5.74) is 0. The topological polar surface area (TPSA) is 21.3 Å². The minimum Gasteiger partial charge on any atom is -0.490 e. The molecule has 1 fully saturated rings. The van der Waals surface area contributed by atoms with Crippen LogP contribution in [0.2, 0.25) is 10.0 Å². The van der Waals surface area contributed by atoms with Crippen molar-refractivity contribution in [2.45, 2.75) is 26.4 Å². The SMILES string of the molecule is CC(C)C(Oc1cc(Cl)cc(Cl)c1)C1CCNC1. The zero-order chi connectivity index (χ0) is 13.1. The summed E-state index contributed by atoms with van der Waals surface area (Å²) in [6.07, 6.45) is 1.37. The Hall–Kier alpha value is -0.440. The van der Waals surface area contributed by atoms with Gasteiger partial charge in [-0.15, -0.1) is 0 Å². The smallest absolute Gasteiger partial charge is 0.122 e. The van der Waals surface area contributed by atoms with Crippen molar-refractivity contribution in [1.29, 1.82) is 0 Å². The van der Waals surface area contributed by atoms with Crippen molar-refractivity contribution in [2.24, 2.45) is 11.8 Å². The first-order valence-electron chi connectivity index (χ1n) is 6.39. The molecule has 1 saturated heterocycles. The standard InChI is InChI=1S/C14H19Cl2NO/c1-9(2)14(10-3-4-17-8-10)18-13-6-11(15)5-12(16)7-13/h5-7,9-10,14,17H,3-4,8H2,1-2H3. The van der Waals surface area contributed by atoms with Gasteiger partial charge in [-0.25, -0.2) is 0 Å². The Balaban J connectivity index is 2.12. The van der Waals surface area contributed by atoms with E-state index >= 15 is 0 Å². The van der Waals surface area contributed by atoms with Crippen LogP contribution >= 0.6 is 23.2 Å². The third-order valence-electron chi connectivity index (χ3n) is 3.33. The minimum atomic E-state index is 0.203. The highest BCUT2D eigenvalue weighted by Gasteiger charge is 2.29. The molecule has 0 radical (unpaired) electrons. The number of ether oxygens (including phenoxy) is 1. The number of hydrogen-bond donors (Lipinski definition) is 1. The summed E-state index contributed by atoms with van der Waals surface area (Å²) in [5.74, 6) is 1.79. The van der Waals surface area contributed by atoms with Crippen LogP contribution in [0, 0.1) is 11.8 Å². The van der Waals surface area contributed by atoms with Crippen LogP contribution in [0.15, 0.2) is 18.2 Å². The summed E-state index contributed by atoms with van der Waals surface area (Å²) in [5, 5.41) is 4.61. The maximum absolute atomic E-state index is 6.11. The van der Waals surface area contributed by atoms with Gasteiger partial charge in [-0.2, -0.15) is 0 Å². The molecular weight excluding hydrogens is 269 g/mol. The van der Waals surface area contributed by atoms with Gasteiger partial charge >= 0.3 is 0 Å². The first-order valence-corrected chi connectivity index (χ1v) is 7.15. The molecule has 2 atom stereocenters. The fraction of sp³-hybridized carbons (Fsp3) is 0.571. The highest BCUT2D eigenvalue weighted by molar-refractivity contribution is 6.34. The maximum atomic E-state index is 6.11. The van der Waals surface area contributed by atoms with Crippen LogP contribution in [0.25, 0.3) is 0 Å². The number of rotatable bonds is 4. The predicted octanol–water partition coefficient (Wildman–Crippen LogP) is 4.01. The Bertz CT molecular complexity index is 383. The molecule has 0 aliphatic carbocycles. The summed E-state index contributed by atoms with van der Waals surface area (Å²) >= 11 is 12.0. The summed E-state index contributed by atoms with van der Waals surface area (Å²) in [4.78, 5) is 0. The monoisotopic (exact) mass is 287 g/mol. The summed E-state index contributed by atoms with van der Waals surface area (Å²) in [7, 11) is 0. The van der Waals surface area contributed by atoms with Crippen LogP contribution in [-0.2, 0) is 0 Å². The lowest BCUT2D eigenvalue weighted by Crippen LogP contribution is -2.33. The molecule has 0 amide bonds. The van der Waals surface area contributed by atoms with E-state index in [1.54, 1.807) is 6.07 Å². The second-order valence-corrected chi connectivity index (χ2v) is 6.06. The van der Waals surface area contributed by atoms with Gasteiger partial charge in [0.05, 0.1) is 0 Å². The second kappa shape index (κ2) is 6.14. The first-order chi connectivity index (χ1) is 8.56. The Labute approximate surface area is 119 Å². The van der Waals surface area contributed by atoms with E-state index in [1.807, 2.05) is 12.1 Å². The van der Waals surface area contributed by atoms with Crippen molar-refractivity contribution in [1.82, 2.24) is 5.32 Å². The van der Waals surface area contributed by atoms with Crippen molar-refractivity contribution in [3.05, 3.63) is 28.2 Å². The van der Waals surface area contributed by atoms with Gasteiger partial charge in [-0.05, 0) is 37.1 Å². The van der Waals surface area contributed by atoms with E-state index < -0.39 is 0 Å². The predicted molar refractivity (Wildman–Crippen MR) is 76.7 cm³/mol. The molecule has 0 spiro atoms. The van der Waals surface area contributed by atoms with Gasteiger partial charge in [0.2, 0.25) is 0 Å². The molecule has 1 heterocycles. The van der Waals surface area contributed by atoms with Crippen molar-refractivity contribution >= 4 is 23.2 Å². The molecule has 2 rings (SSSR count). The molecule has 1 aromatic rings. The van der Waals surface area contributed by atoms with Crippen molar-refractivity contribution in [2.75, 3.05) is 13.1 Å². The van der Waals surface area contributed by atoms with Gasteiger partial charge < -0.3 is 10.1 Å². The zero-order valence-electron chi connectivity index (χ0n) is 10.7. The lowest BCUT2D eigenvalue weighted by Gasteiger charge is -2.27. The average molecular weight is 288 g/mol. The maximum Gasteiger partial charge on any atom is 0.122 e. The van der Waals surface area contributed by atoms with Crippen molar-refractivity contribution < 1.29 is 4.74 Å². The van der Waals surface area contributed by atoms with E-state index in [2.05, 4.69) is 19.2 Å². The van der Waals surface area contributed by atoms with Crippen molar-refractivity contribution in [3.8, 4) is 5.75 Å². The lowest BCUT2D eigenvalue weighted by atomic mass is 9.92. The molecule has 2 unspecified atom stereocenters. The Morgan fingerprint density at radius 2 is 1.89 bits per heavy atom. The molecule has 100 valence electrons. The van der Waals surface area contributed by atoms with E-state index in [0.29, 0.717) is 21.9 Å². The quantitative estimate of drug-likeness (QED) is 0.904. The Kier molecular flexibility index (Phi) is 4.77. The Morgan fingerprint density at radius 1 is 1.22 bits per heavy atom. The molecule has 1 N–H and O–H groups in total. The molecule has 2 nitrogen and oxygen atoms in total. The molecule has 0 bridgehead atoms. The van der Waals surface area contributed by atoms with Gasteiger partial charge in [-0.1, -0.05) is 37.0 Å². The summed E-state index contributed by atoms with van der Waals surface area (Å²) in [6, 6.07) is 5.37. The molecule has 0 saturated carbocycles. The fourth-order valence-corrected chi connectivity index (χ4v) is 2.99. The first kappa shape index (κ1) is 14.0. The molecule has 0 aromatic heterocycles. The highest BCUT2D eigenvalue weighted by atomic mass is 35.5. The summed E-state index contributed by atoms with van der Waals surface area (Å²) < 4.78 is 6.11. The van der Waals surface area contributed by atoms with Crippen LogP contribution in [0.5, 0.6) is 5.75 Å². The molecular formula is C14H19Cl2NO. The van der Waals surface area contributed by atoms with E-state index in [9.17, 15) is 0 Å². The van der Waals surface area contributed by atoms with E-state index in [1.165, 1.54) is 0 Å². The average Bonchev–Trinajstić information content (AvgIpc) is 2.77. The molecule has 4 heteroatoms. The van der Waals surface area contributed by atoms with E-state index in [0.717, 1.165) is 25.3 Å². The third kappa shape index (κ3) is 3.53. The van der Waals surface area contributed by atoms with Gasteiger partial charge in [-0.3, -0.25) is 0 Å². The molecule has 1 aliphatic rings. The summed E-state index contributed by atoms with van der Waals surface area (Å²) in [6.45, 7) is 6.48. The number of halogens is 2. The van der Waals surface area contributed by atoms with Gasteiger partial charge in [0.1, 0.15) is 11.9 Å². The van der Waals surface area contributed by atoms with Crippen LogP contribution in [0.3, 0.4) is 0 Å². The largest absolute Gasteiger partial charge is 0.490 e. The molecule has 1 aliphatic heterocycles. The Morgan fingerprint density at radius 3 is 2.39 bits per heavy atom. The van der Waals surface area contributed by atoms with E-state index in [4.69, 9.17) is 27.9 Å². The van der Waals surface area contributed by atoms with Crippen LogP contribution in [0.1, 0.15) is 20.3 Å². The number of benzene rings is 1. The minimum absolute atomic E-state index is 0.203. The molecule has 18 heavy (non-hydrogen) atoms. The number of hydrogen-bond acceptors (Lipinski definition) is 2. The van der Waals surface area contributed by atoms with Gasteiger partial charge in [0.25, 0.3) is 0 Å². The zero-order valence-corrected chi connectivity index (χ0v) is 12.3. The van der Waals surface area contributed by atoms with Crippen LogP contribution < -0.4 is 10.1 Å². The second-order valence-electron chi connectivity index (χ2n) is 5.18. The van der Waals surface area contributed by atoms with Gasteiger partial charge in [0, 0.05) is 22.5 Å². The fourth-order valence-electron chi connectivity index (χ4n) is 2.49. The lowest BCUT2D eigenvalue weighted by molar-refractivity contribution is 0.0974. The van der Waals surface area contributed by atoms with Crippen LogP contribution in [-0.4, -0.2) is 19.2 Å². The highest BCUT2D eigenvalue weighted by Crippen LogP contribution is 2.29.